The van der Waals surface area contributed by atoms with E-state index in [1.54, 1.807) is 16.7 Å². The van der Waals surface area contributed by atoms with Crippen LogP contribution in [0.3, 0.4) is 0 Å². The van der Waals surface area contributed by atoms with Crippen LogP contribution in [0.4, 0.5) is 10.5 Å². The van der Waals surface area contributed by atoms with Gasteiger partial charge in [-0.3, -0.25) is 14.4 Å². The predicted octanol–water partition coefficient (Wildman–Crippen LogP) is 3.87. The summed E-state index contributed by atoms with van der Waals surface area (Å²) in [6.07, 6.45) is 2.28. The number of amides is 3. The molecule has 1 atom stereocenters. The first-order valence-electron chi connectivity index (χ1n) is 17.8. The van der Waals surface area contributed by atoms with Crippen molar-refractivity contribution in [2.45, 2.75) is 71.5 Å². The normalized spacial score (nSPS) is 12.5. The van der Waals surface area contributed by atoms with Crippen LogP contribution in [0.15, 0.2) is 48.5 Å². The van der Waals surface area contributed by atoms with Gasteiger partial charge in [0, 0.05) is 50.6 Å². The second-order valence-electron chi connectivity index (χ2n) is 12.1. The van der Waals surface area contributed by atoms with E-state index in [4.69, 9.17) is 14.2 Å². The number of alkyl carbamates (subject to hydrolysis) is 1. The Morgan fingerprint density at radius 1 is 0.882 bits per heavy atom. The number of aromatic nitrogens is 3. The number of carbonyl (C=O) groups is 4. The third-order valence-corrected chi connectivity index (χ3v) is 8.57. The molecule has 0 aliphatic carbocycles. The summed E-state index contributed by atoms with van der Waals surface area (Å²) in [6.45, 7) is 7.24. The highest BCUT2D eigenvalue weighted by Crippen LogP contribution is 2.41. The number of para-hydroxylation sites is 1. The fourth-order valence-electron chi connectivity index (χ4n) is 5.95. The van der Waals surface area contributed by atoms with Gasteiger partial charge in [0.25, 0.3) is 0 Å². The summed E-state index contributed by atoms with van der Waals surface area (Å²) in [5.74, 6) is -0.220. The number of nitrogens with zero attached hydrogens (tertiary/aromatic N) is 4. The number of methoxy groups -OCH3 is 1. The largest absolute Gasteiger partial charge is 0.448 e. The maximum absolute atomic E-state index is 13.8. The molecule has 0 radical (unpaired) electrons. The minimum Gasteiger partial charge on any atom is -0.448 e. The van der Waals surface area contributed by atoms with Gasteiger partial charge in [-0.2, -0.15) is 0 Å². The van der Waals surface area contributed by atoms with Gasteiger partial charge in [0.05, 0.1) is 50.3 Å². The molecule has 1 unspecified atom stereocenters. The van der Waals surface area contributed by atoms with Gasteiger partial charge in [-0.05, 0) is 37.4 Å². The minimum atomic E-state index is -0.531. The first-order valence-corrected chi connectivity index (χ1v) is 17.8. The molecule has 1 aliphatic heterocycles. The molecule has 1 aliphatic rings. The lowest BCUT2D eigenvalue weighted by molar-refractivity contribution is -0.125. The average molecular weight is 706 g/mol. The zero-order valence-corrected chi connectivity index (χ0v) is 29.9. The van der Waals surface area contributed by atoms with Gasteiger partial charge in [-0.15, -0.1) is 5.10 Å². The fourth-order valence-corrected chi connectivity index (χ4v) is 5.95. The van der Waals surface area contributed by atoms with Gasteiger partial charge in [-0.25, -0.2) is 9.48 Å². The molecule has 2 heterocycles. The smallest absolute Gasteiger partial charge is 0.407 e. The van der Waals surface area contributed by atoms with Gasteiger partial charge >= 0.3 is 6.09 Å². The van der Waals surface area contributed by atoms with E-state index < -0.39 is 6.09 Å². The monoisotopic (exact) mass is 705 g/mol. The highest BCUT2D eigenvalue weighted by Gasteiger charge is 2.29. The molecule has 0 saturated carbocycles. The van der Waals surface area contributed by atoms with E-state index >= 15 is 0 Å². The van der Waals surface area contributed by atoms with Crippen molar-refractivity contribution in [3.8, 4) is 22.5 Å². The quantitative estimate of drug-likeness (QED) is 0.139. The maximum atomic E-state index is 13.8. The van der Waals surface area contributed by atoms with Crippen LogP contribution >= 0.6 is 0 Å². The zero-order chi connectivity index (χ0) is 36.4. The Bertz CT molecular complexity index is 1590. The summed E-state index contributed by atoms with van der Waals surface area (Å²) in [6, 6.07) is 15.1. The molecule has 14 heteroatoms. The molecule has 0 bridgehead atoms. The van der Waals surface area contributed by atoms with Crippen LogP contribution in [0.2, 0.25) is 0 Å². The third-order valence-electron chi connectivity index (χ3n) is 8.57. The number of fused-ring (bicyclic) bond motifs is 5. The summed E-state index contributed by atoms with van der Waals surface area (Å²) in [5, 5.41) is 17.8. The molecule has 0 saturated heterocycles. The number of nitrogens with one attached hydrogen (secondary N) is 3. The number of hydrogen-bond donors (Lipinski definition) is 3. The Kier molecular flexibility index (Phi) is 16.0. The number of Topliss-reactive ketones (excluding diaryl/α,β-unsaturated/α-hetero) is 1. The topological polar surface area (TPSA) is 166 Å². The number of unbranched alkanes of at least 4 members (excludes halogenated alkanes) is 1. The van der Waals surface area contributed by atoms with Gasteiger partial charge < -0.3 is 35.1 Å². The standard InChI is InChI=1S/C37H51N7O7/c1-4-32(45)30(38-5-2)15-10-11-19-40-37(48)51-23-21-44-36-29-14-8-9-16-31(29)43(26-27-12-6-7-13-28(27)35(36)41-42-44)34(47)18-17-33(46)39-20-22-50-25-24-49-3/h6-9,12-14,16,30,38H,4-5,10-11,15,17-26H2,1-3H3,(H,39,46)(H,40,48). The molecule has 3 N–H and O–H groups in total. The number of likely N-dealkylation sites (N-methyl/N-ethyl adjacent to an activating group) is 1. The second kappa shape index (κ2) is 20.9. The summed E-state index contributed by atoms with van der Waals surface area (Å²) in [7, 11) is 1.60. The molecule has 276 valence electrons. The molecule has 3 aromatic rings. The molecule has 0 fully saturated rings. The lowest BCUT2D eigenvalue weighted by Crippen LogP contribution is -2.36. The second-order valence-corrected chi connectivity index (χ2v) is 12.1. The van der Waals surface area contributed by atoms with Gasteiger partial charge in [0.15, 0.2) is 0 Å². The Hall–Kier alpha value is -4.66. The summed E-state index contributed by atoms with van der Waals surface area (Å²) in [4.78, 5) is 52.6. The van der Waals surface area contributed by atoms with E-state index in [1.807, 2.05) is 62.4 Å². The summed E-state index contributed by atoms with van der Waals surface area (Å²) in [5.41, 5.74) is 4.51. The first-order chi connectivity index (χ1) is 24.9. The van der Waals surface area contributed by atoms with E-state index in [0.717, 1.165) is 42.5 Å². The van der Waals surface area contributed by atoms with Crippen molar-refractivity contribution in [2.24, 2.45) is 0 Å². The van der Waals surface area contributed by atoms with Gasteiger partial charge in [0.1, 0.15) is 18.1 Å². The zero-order valence-electron chi connectivity index (χ0n) is 29.9. The molecule has 14 nitrogen and oxygen atoms in total. The van der Waals surface area contributed by atoms with E-state index in [0.29, 0.717) is 63.0 Å². The van der Waals surface area contributed by atoms with Crippen molar-refractivity contribution in [3.63, 3.8) is 0 Å². The molecular formula is C37H51N7O7. The number of benzene rings is 2. The van der Waals surface area contributed by atoms with Gasteiger partial charge in [-0.1, -0.05) is 61.5 Å². The van der Waals surface area contributed by atoms with E-state index in [2.05, 4.69) is 26.3 Å². The molecule has 3 amide bonds. The fraction of sp³-hybridized carbons (Fsp3) is 0.514. The highest BCUT2D eigenvalue weighted by molar-refractivity contribution is 6.01. The van der Waals surface area contributed by atoms with Crippen molar-refractivity contribution < 1.29 is 33.4 Å². The Morgan fingerprint density at radius 3 is 2.45 bits per heavy atom. The van der Waals surface area contributed by atoms with Gasteiger partial charge in [0.2, 0.25) is 11.8 Å². The van der Waals surface area contributed by atoms with Crippen molar-refractivity contribution in [2.75, 3.05) is 58.1 Å². The number of ether oxygens (including phenoxy) is 3. The van der Waals surface area contributed by atoms with Crippen molar-refractivity contribution >= 4 is 29.4 Å². The molecule has 51 heavy (non-hydrogen) atoms. The number of hydrogen-bond acceptors (Lipinski definition) is 10. The molecule has 2 aromatic carbocycles. The number of carbonyl (C=O) groups excluding carboxylic acids is 4. The number of anilines is 1. The van der Waals surface area contributed by atoms with Crippen molar-refractivity contribution in [1.29, 1.82) is 0 Å². The first kappa shape index (κ1) is 39.1. The van der Waals surface area contributed by atoms with Crippen molar-refractivity contribution in [3.05, 3.63) is 54.1 Å². The van der Waals surface area contributed by atoms with Crippen LogP contribution in [0.25, 0.3) is 22.5 Å². The number of rotatable bonds is 21. The SMILES string of the molecule is CCNC(CCCCNC(=O)OCCn1nnc2c1-c1ccccc1N(C(=O)CCC(=O)NCCOCCOC)Cc1ccccc1-2)C(=O)CC. The highest BCUT2D eigenvalue weighted by atomic mass is 16.5. The van der Waals surface area contributed by atoms with E-state index in [1.165, 1.54) is 0 Å². The van der Waals surface area contributed by atoms with Crippen LogP contribution in [-0.2, 0) is 41.7 Å². The summed E-state index contributed by atoms with van der Waals surface area (Å²) < 4.78 is 17.5. The van der Waals surface area contributed by atoms with E-state index in [-0.39, 0.29) is 49.6 Å². The Labute approximate surface area is 299 Å². The number of ketones is 1. The Balaban J connectivity index is 1.39. The molecule has 0 spiro atoms. The van der Waals surface area contributed by atoms with Crippen molar-refractivity contribution in [1.82, 2.24) is 30.9 Å². The van der Waals surface area contributed by atoms with Crippen LogP contribution < -0.4 is 20.9 Å². The molecule has 4 rings (SSSR count). The van der Waals surface area contributed by atoms with Crippen LogP contribution in [0, 0.1) is 0 Å². The van der Waals surface area contributed by atoms with Crippen LogP contribution in [0.1, 0.15) is 57.9 Å². The maximum Gasteiger partial charge on any atom is 0.407 e. The lowest BCUT2D eigenvalue weighted by atomic mass is 9.95. The minimum absolute atomic E-state index is 0.0211. The predicted molar refractivity (Wildman–Crippen MR) is 193 cm³/mol. The Morgan fingerprint density at radius 2 is 1.67 bits per heavy atom. The van der Waals surface area contributed by atoms with E-state index in [9.17, 15) is 19.2 Å². The third kappa shape index (κ3) is 11.4. The van der Waals surface area contributed by atoms with Crippen LogP contribution in [-0.4, -0.2) is 97.9 Å². The molecular weight excluding hydrogens is 654 g/mol. The average Bonchev–Trinajstić information content (AvgIpc) is 3.55. The summed E-state index contributed by atoms with van der Waals surface area (Å²) >= 11 is 0. The van der Waals surface area contributed by atoms with Crippen LogP contribution in [0.5, 0.6) is 0 Å². The molecule has 1 aromatic heterocycles. The lowest BCUT2D eigenvalue weighted by Gasteiger charge is -2.28.